The molecule has 84 valence electrons. The SMILES string of the molecule is O=C1O[C@]2(CC[C@H](O)CC2)c2ncccc21. The number of aliphatic hydroxyl groups excluding tert-OH is 1. The van der Waals surface area contributed by atoms with E-state index in [0.29, 0.717) is 31.2 Å². The van der Waals surface area contributed by atoms with Gasteiger partial charge in [0.15, 0.2) is 5.60 Å². The quantitative estimate of drug-likeness (QED) is 0.670. The van der Waals surface area contributed by atoms with E-state index < -0.39 is 5.60 Å². The van der Waals surface area contributed by atoms with Crippen LogP contribution in [0.1, 0.15) is 41.7 Å². The highest BCUT2D eigenvalue weighted by molar-refractivity contribution is 5.94. The first-order valence-electron chi connectivity index (χ1n) is 5.58. The average molecular weight is 219 g/mol. The molecule has 0 unspecified atom stereocenters. The first-order chi connectivity index (χ1) is 7.71. The van der Waals surface area contributed by atoms with Crippen molar-refractivity contribution in [3.63, 3.8) is 0 Å². The Labute approximate surface area is 93.3 Å². The fourth-order valence-corrected chi connectivity index (χ4v) is 2.62. The Hall–Kier alpha value is -1.42. The van der Waals surface area contributed by atoms with Gasteiger partial charge < -0.3 is 9.84 Å². The lowest BCUT2D eigenvalue weighted by molar-refractivity contribution is -0.0513. The zero-order valence-electron chi connectivity index (χ0n) is 8.85. The van der Waals surface area contributed by atoms with Crippen LogP contribution in [0.4, 0.5) is 0 Å². The second kappa shape index (κ2) is 3.28. The second-order valence-corrected chi connectivity index (χ2v) is 4.51. The summed E-state index contributed by atoms with van der Waals surface area (Å²) in [5, 5.41) is 9.51. The number of fused-ring (bicyclic) bond motifs is 2. The maximum absolute atomic E-state index is 11.7. The van der Waals surface area contributed by atoms with E-state index in [-0.39, 0.29) is 12.1 Å². The van der Waals surface area contributed by atoms with Gasteiger partial charge in [0, 0.05) is 6.20 Å². The zero-order valence-corrected chi connectivity index (χ0v) is 8.85. The molecule has 1 aromatic rings. The molecule has 0 saturated heterocycles. The first kappa shape index (κ1) is 9.78. The second-order valence-electron chi connectivity index (χ2n) is 4.51. The predicted molar refractivity (Wildman–Crippen MR) is 55.8 cm³/mol. The van der Waals surface area contributed by atoms with Gasteiger partial charge >= 0.3 is 5.97 Å². The maximum Gasteiger partial charge on any atom is 0.341 e. The summed E-state index contributed by atoms with van der Waals surface area (Å²) in [6.45, 7) is 0. The summed E-state index contributed by atoms with van der Waals surface area (Å²) in [4.78, 5) is 16.0. The van der Waals surface area contributed by atoms with Crippen LogP contribution in [-0.4, -0.2) is 22.2 Å². The van der Waals surface area contributed by atoms with E-state index in [0.717, 1.165) is 5.69 Å². The number of rotatable bonds is 0. The van der Waals surface area contributed by atoms with Crippen molar-refractivity contribution >= 4 is 5.97 Å². The molecule has 0 atom stereocenters. The Morgan fingerprint density at radius 2 is 2.19 bits per heavy atom. The number of aromatic nitrogens is 1. The van der Waals surface area contributed by atoms with Gasteiger partial charge in [-0.1, -0.05) is 0 Å². The molecule has 2 aliphatic rings. The average Bonchev–Trinajstić information content (AvgIpc) is 2.58. The number of hydrogen-bond donors (Lipinski definition) is 1. The first-order valence-corrected chi connectivity index (χ1v) is 5.58. The van der Waals surface area contributed by atoms with Crippen LogP contribution in [0.3, 0.4) is 0 Å². The number of hydrogen-bond acceptors (Lipinski definition) is 4. The van der Waals surface area contributed by atoms with Gasteiger partial charge in [0.25, 0.3) is 0 Å². The normalized spacial score (nSPS) is 32.6. The molecule has 1 N–H and O–H groups in total. The van der Waals surface area contributed by atoms with E-state index in [1.165, 1.54) is 0 Å². The molecule has 0 aromatic carbocycles. The highest BCUT2D eigenvalue weighted by Gasteiger charge is 2.48. The number of aliphatic hydroxyl groups is 1. The Morgan fingerprint density at radius 1 is 1.44 bits per heavy atom. The Bertz CT molecular complexity index is 436. The standard InChI is InChI=1S/C12H13NO3/c14-8-3-5-12(6-4-8)10-9(11(15)16-12)2-1-7-13-10/h1-2,7-8,14H,3-6H2/t8-,12-. The number of carbonyl (C=O) groups excluding carboxylic acids is 1. The van der Waals surface area contributed by atoms with Crippen LogP contribution in [-0.2, 0) is 10.3 Å². The molecular weight excluding hydrogens is 206 g/mol. The predicted octanol–water partition coefficient (Wildman–Crippen LogP) is 1.38. The molecule has 2 heterocycles. The smallest absolute Gasteiger partial charge is 0.341 e. The van der Waals surface area contributed by atoms with Crippen LogP contribution in [0.25, 0.3) is 0 Å². The van der Waals surface area contributed by atoms with Gasteiger partial charge in [0.2, 0.25) is 0 Å². The monoisotopic (exact) mass is 219 g/mol. The lowest BCUT2D eigenvalue weighted by Gasteiger charge is -2.33. The third-order valence-electron chi connectivity index (χ3n) is 3.51. The van der Waals surface area contributed by atoms with E-state index >= 15 is 0 Å². The number of nitrogens with zero attached hydrogens (tertiary/aromatic N) is 1. The van der Waals surface area contributed by atoms with Crippen molar-refractivity contribution in [2.75, 3.05) is 0 Å². The van der Waals surface area contributed by atoms with Gasteiger partial charge in [0.05, 0.1) is 17.4 Å². The molecule has 1 spiro atoms. The molecule has 1 aliphatic carbocycles. The van der Waals surface area contributed by atoms with Gasteiger partial charge in [-0.15, -0.1) is 0 Å². The molecule has 0 bridgehead atoms. The van der Waals surface area contributed by atoms with Crippen LogP contribution in [0.5, 0.6) is 0 Å². The van der Waals surface area contributed by atoms with E-state index in [9.17, 15) is 9.90 Å². The van der Waals surface area contributed by atoms with Crippen LogP contribution >= 0.6 is 0 Å². The van der Waals surface area contributed by atoms with Crippen molar-refractivity contribution in [3.8, 4) is 0 Å². The van der Waals surface area contributed by atoms with E-state index in [1.54, 1.807) is 18.3 Å². The molecule has 4 nitrogen and oxygen atoms in total. The molecule has 1 saturated carbocycles. The summed E-state index contributed by atoms with van der Waals surface area (Å²) in [6.07, 6.45) is 4.10. The lowest BCUT2D eigenvalue weighted by Crippen LogP contribution is -2.34. The third-order valence-corrected chi connectivity index (χ3v) is 3.51. The van der Waals surface area contributed by atoms with Crippen molar-refractivity contribution in [1.82, 2.24) is 4.98 Å². The van der Waals surface area contributed by atoms with E-state index in [2.05, 4.69) is 4.98 Å². The van der Waals surface area contributed by atoms with Crippen molar-refractivity contribution < 1.29 is 14.6 Å². The molecule has 1 aromatic heterocycles. The minimum atomic E-state index is -0.563. The molecule has 0 radical (unpaired) electrons. The summed E-state index contributed by atoms with van der Waals surface area (Å²) in [6, 6.07) is 3.50. The minimum absolute atomic E-state index is 0.267. The molecular formula is C12H13NO3. The number of carbonyl (C=O) groups is 1. The number of ether oxygens (including phenoxy) is 1. The van der Waals surface area contributed by atoms with Crippen LogP contribution in [0.15, 0.2) is 18.3 Å². The van der Waals surface area contributed by atoms with Crippen molar-refractivity contribution in [3.05, 3.63) is 29.6 Å². The summed E-state index contributed by atoms with van der Waals surface area (Å²) in [5.74, 6) is -0.278. The highest BCUT2D eigenvalue weighted by Crippen LogP contribution is 2.45. The Morgan fingerprint density at radius 3 is 2.94 bits per heavy atom. The zero-order chi connectivity index (χ0) is 11.2. The van der Waals surface area contributed by atoms with Gasteiger partial charge in [-0.05, 0) is 37.8 Å². The van der Waals surface area contributed by atoms with Gasteiger partial charge in [-0.25, -0.2) is 4.79 Å². The summed E-state index contributed by atoms with van der Waals surface area (Å²) in [7, 11) is 0. The summed E-state index contributed by atoms with van der Waals surface area (Å²) in [5.41, 5.74) is 0.776. The maximum atomic E-state index is 11.7. The molecule has 1 fully saturated rings. The Balaban J connectivity index is 2.02. The highest BCUT2D eigenvalue weighted by atomic mass is 16.6. The van der Waals surface area contributed by atoms with Gasteiger partial charge in [-0.3, -0.25) is 4.98 Å². The largest absolute Gasteiger partial charge is 0.449 e. The topological polar surface area (TPSA) is 59.4 Å². The summed E-state index contributed by atoms with van der Waals surface area (Å²) < 4.78 is 5.50. The molecule has 0 amide bonds. The minimum Gasteiger partial charge on any atom is -0.449 e. The van der Waals surface area contributed by atoms with E-state index in [1.807, 2.05) is 0 Å². The number of pyridine rings is 1. The van der Waals surface area contributed by atoms with Crippen molar-refractivity contribution in [2.24, 2.45) is 0 Å². The Kier molecular flexibility index (Phi) is 2.01. The lowest BCUT2D eigenvalue weighted by atomic mass is 9.81. The van der Waals surface area contributed by atoms with Crippen LogP contribution < -0.4 is 0 Å². The molecule has 3 rings (SSSR count). The van der Waals surface area contributed by atoms with E-state index in [4.69, 9.17) is 4.74 Å². The molecule has 4 heteroatoms. The molecule has 16 heavy (non-hydrogen) atoms. The summed E-state index contributed by atoms with van der Waals surface area (Å²) >= 11 is 0. The van der Waals surface area contributed by atoms with Crippen molar-refractivity contribution in [2.45, 2.75) is 37.4 Å². The third kappa shape index (κ3) is 1.26. The fraction of sp³-hybridized carbons (Fsp3) is 0.500. The molecule has 1 aliphatic heterocycles. The van der Waals surface area contributed by atoms with Gasteiger partial charge in [-0.2, -0.15) is 0 Å². The fourth-order valence-electron chi connectivity index (χ4n) is 2.62. The van der Waals surface area contributed by atoms with Crippen LogP contribution in [0.2, 0.25) is 0 Å². The van der Waals surface area contributed by atoms with Crippen LogP contribution in [0, 0.1) is 0 Å². The van der Waals surface area contributed by atoms with Crippen molar-refractivity contribution in [1.29, 1.82) is 0 Å². The van der Waals surface area contributed by atoms with Gasteiger partial charge in [0.1, 0.15) is 0 Å². The number of esters is 1.